The lowest BCUT2D eigenvalue weighted by molar-refractivity contribution is 0.611. The van der Waals surface area contributed by atoms with Gasteiger partial charge in [0.25, 0.3) is 0 Å². The van der Waals surface area contributed by atoms with E-state index in [-0.39, 0.29) is 6.04 Å². The summed E-state index contributed by atoms with van der Waals surface area (Å²) < 4.78 is 1.74. The van der Waals surface area contributed by atoms with Crippen molar-refractivity contribution in [3.63, 3.8) is 0 Å². The van der Waals surface area contributed by atoms with E-state index in [2.05, 4.69) is 10.5 Å². The largest absolute Gasteiger partial charge is 0.275 e. The number of hydrogen-bond donors (Lipinski definition) is 2. The molecule has 2 aromatic heterocycles. The maximum absolute atomic E-state index is 6.22. The summed E-state index contributed by atoms with van der Waals surface area (Å²) in [6, 6.07) is 1.78. The fourth-order valence-corrected chi connectivity index (χ4v) is 2.90. The minimum atomic E-state index is -0.146. The Morgan fingerprint density at radius 1 is 1.62 bits per heavy atom. The van der Waals surface area contributed by atoms with Gasteiger partial charge < -0.3 is 0 Å². The molecular weight excluding hydrogens is 244 g/mol. The second-order valence-electron chi connectivity index (χ2n) is 3.61. The highest BCUT2D eigenvalue weighted by Gasteiger charge is 2.20. The SMILES string of the molecule is Cc1csc(C(NN)c2ccn(C)n2)c1Cl. The molecule has 0 bridgehead atoms. The second kappa shape index (κ2) is 4.55. The highest BCUT2D eigenvalue weighted by atomic mass is 35.5. The third-order valence-electron chi connectivity index (χ3n) is 2.38. The number of rotatable bonds is 3. The Bertz CT molecular complexity index is 491. The van der Waals surface area contributed by atoms with Crippen LogP contribution in [-0.4, -0.2) is 9.78 Å². The van der Waals surface area contributed by atoms with Gasteiger partial charge in [-0.25, -0.2) is 5.43 Å². The standard InChI is InChI=1S/C10H13ClN4S/c1-6-5-16-10(8(6)11)9(13-12)7-3-4-15(2)14-7/h3-5,9,13H,12H2,1-2H3. The fraction of sp³-hybridized carbons (Fsp3) is 0.300. The maximum atomic E-state index is 6.22. The van der Waals surface area contributed by atoms with Gasteiger partial charge in [-0.15, -0.1) is 11.3 Å². The summed E-state index contributed by atoms with van der Waals surface area (Å²) in [4.78, 5) is 1.00. The normalized spacial score (nSPS) is 13.0. The lowest BCUT2D eigenvalue weighted by atomic mass is 10.1. The Balaban J connectivity index is 2.40. The summed E-state index contributed by atoms with van der Waals surface area (Å²) >= 11 is 7.81. The van der Waals surface area contributed by atoms with E-state index >= 15 is 0 Å². The van der Waals surface area contributed by atoms with Crippen LogP contribution in [0.5, 0.6) is 0 Å². The van der Waals surface area contributed by atoms with Crippen LogP contribution in [0.3, 0.4) is 0 Å². The first-order chi connectivity index (χ1) is 7.63. The number of aryl methyl sites for hydroxylation is 2. The van der Waals surface area contributed by atoms with Gasteiger partial charge in [-0.2, -0.15) is 5.10 Å². The van der Waals surface area contributed by atoms with E-state index in [9.17, 15) is 0 Å². The molecule has 1 unspecified atom stereocenters. The van der Waals surface area contributed by atoms with E-state index in [1.807, 2.05) is 31.6 Å². The predicted molar refractivity (Wildman–Crippen MR) is 66.4 cm³/mol. The van der Waals surface area contributed by atoms with Crippen LogP contribution in [0.15, 0.2) is 17.6 Å². The molecule has 1 atom stereocenters. The van der Waals surface area contributed by atoms with Gasteiger partial charge in [0.2, 0.25) is 0 Å². The van der Waals surface area contributed by atoms with Crippen LogP contribution in [0.2, 0.25) is 5.02 Å². The van der Waals surface area contributed by atoms with Crippen LogP contribution in [0, 0.1) is 6.92 Å². The molecule has 2 aromatic rings. The van der Waals surface area contributed by atoms with Crippen molar-refractivity contribution in [1.29, 1.82) is 0 Å². The summed E-state index contributed by atoms with van der Waals surface area (Å²) in [5, 5.41) is 7.11. The van der Waals surface area contributed by atoms with Gasteiger partial charge in [0.15, 0.2) is 0 Å². The van der Waals surface area contributed by atoms with Crippen molar-refractivity contribution in [3.05, 3.63) is 38.8 Å². The highest BCUT2D eigenvalue weighted by molar-refractivity contribution is 7.10. The monoisotopic (exact) mass is 256 g/mol. The summed E-state index contributed by atoms with van der Waals surface area (Å²) in [6.07, 6.45) is 1.88. The molecule has 0 saturated heterocycles. The van der Waals surface area contributed by atoms with Gasteiger partial charge in [-0.05, 0) is 23.9 Å². The molecule has 0 aromatic carbocycles. The van der Waals surface area contributed by atoms with E-state index in [1.54, 1.807) is 16.0 Å². The molecule has 0 aliphatic heterocycles. The average molecular weight is 257 g/mol. The molecule has 0 aliphatic rings. The van der Waals surface area contributed by atoms with E-state index in [4.69, 9.17) is 17.4 Å². The molecule has 16 heavy (non-hydrogen) atoms. The summed E-state index contributed by atoms with van der Waals surface area (Å²) in [5.41, 5.74) is 4.69. The lowest BCUT2D eigenvalue weighted by Gasteiger charge is -2.12. The number of halogens is 1. The Labute approximate surface area is 103 Å². The van der Waals surface area contributed by atoms with Gasteiger partial charge in [-0.3, -0.25) is 10.5 Å². The zero-order valence-electron chi connectivity index (χ0n) is 9.07. The number of hydrogen-bond acceptors (Lipinski definition) is 4. The molecule has 6 heteroatoms. The lowest BCUT2D eigenvalue weighted by Crippen LogP contribution is -2.28. The van der Waals surface area contributed by atoms with Crippen LogP contribution in [-0.2, 0) is 7.05 Å². The molecule has 0 amide bonds. The molecule has 86 valence electrons. The molecule has 0 fully saturated rings. The molecule has 0 spiro atoms. The first kappa shape index (κ1) is 11.6. The quantitative estimate of drug-likeness (QED) is 0.652. The first-order valence-electron chi connectivity index (χ1n) is 4.82. The third-order valence-corrected chi connectivity index (χ3v) is 4.16. The smallest absolute Gasteiger partial charge is 0.101 e. The summed E-state index contributed by atoms with van der Waals surface area (Å²) in [6.45, 7) is 1.98. The van der Waals surface area contributed by atoms with E-state index in [1.165, 1.54) is 0 Å². The van der Waals surface area contributed by atoms with Crippen LogP contribution in [0.25, 0.3) is 0 Å². The molecular formula is C10H13ClN4S. The van der Waals surface area contributed by atoms with E-state index in [0.717, 1.165) is 21.2 Å². The molecule has 2 heterocycles. The minimum Gasteiger partial charge on any atom is -0.275 e. The highest BCUT2D eigenvalue weighted by Crippen LogP contribution is 2.34. The molecule has 0 radical (unpaired) electrons. The Kier molecular flexibility index (Phi) is 3.30. The zero-order valence-corrected chi connectivity index (χ0v) is 10.6. The van der Waals surface area contributed by atoms with Gasteiger partial charge in [-0.1, -0.05) is 11.6 Å². The minimum absolute atomic E-state index is 0.146. The number of hydrazine groups is 1. The number of nitrogens with two attached hydrogens (primary N) is 1. The second-order valence-corrected chi connectivity index (χ2v) is 4.90. The van der Waals surface area contributed by atoms with E-state index < -0.39 is 0 Å². The summed E-state index contributed by atoms with van der Waals surface area (Å²) in [5.74, 6) is 5.57. The molecule has 4 nitrogen and oxygen atoms in total. The van der Waals surface area contributed by atoms with Gasteiger partial charge in [0, 0.05) is 18.1 Å². The third kappa shape index (κ3) is 1.99. The zero-order chi connectivity index (χ0) is 11.7. The molecule has 3 N–H and O–H groups in total. The van der Waals surface area contributed by atoms with Crippen molar-refractivity contribution in [1.82, 2.24) is 15.2 Å². The van der Waals surface area contributed by atoms with Gasteiger partial charge in [0.1, 0.15) is 6.04 Å². The Hall–Kier alpha value is -0.880. The van der Waals surface area contributed by atoms with E-state index in [0.29, 0.717) is 0 Å². The maximum Gasteiger partial charge on any atom is 0.101 e. The van der Waals surface area contributed by atoms with Crippen molar-refractivity contribution in [3.8, 4) is 0 Å². The molecule has 0 aliphatic carbocycles. The average Bonchev–Trinajstić information content (AvgIpc) is 2.81. The van der Waals surface area contributed by atoms with Crippen molar-refractivity contribution in [2.24, 2.45) is 12.9 Å². The van der Waals surface area contributed by atoms with Crippen LogP contribution in [0.4, 0.5) is 0 Å². The first-order valence-corrected chi connectivity index (χ1v) is 6.08. The number of nitrogens with one attached hydrogen (secondary N) is 1. The molecule has 0 saturated carbocycles. The predicted octanol–water partition coefficient (Wildman–Crippen LogP) is 2.00. The number of thiophene rings is 1. The fourth-order valence-electron chi connectivity index (χ4n) is 1.53. The topological polar surface area (TPSA) is 55.9 Å². The Morgan fingerprint density at radius 2 is 2.38 bits per heavy atom. The van der Waals surface area contributed by atoms with Crippen molar-refractivity contribution >= 4 is 22.9 Å². The van der Waals surface area contributed by atoms with Gasteiger partial charge >= 0.3 is 0 Å². The number of nitrogens with zero attached hydrogens (tertiary/aromatic N) is 2. The summed E-state index contributed by atoms with van der Waals surface area (Å²) in [7, 11) is 1.87. The Morgan fingerprint density at radius 3 is 2.81 bits per heavy atom. The number of aromatic nitrogens is 2. The van der Waals surface area contributed by atoms with Crippen molar-refractivity contribution in [2.75, 3.05) is 0 Å². The van der Waals surface area contributed by atoms with Crippen molar-refractivity contribution in [2.45, 2.75) is 13.0 Å². The van der Waals surface area contributed by atoms with Crippen LogP contribution >= 0.6 is 22.9 Å². The van der Waals surface area contributed by atoms with Gasteiger partial charge in [0.05, 0.1) is 10.7 Å². The van der Waals surface area contributed by atoms with Crippen molar-refractivity contribution < 1.29 is 0 Å². The van der Waals surface area contributed by atoms with Crippen LogP contribution < -0.4 is 11.3 Å². The molecule has 2 rings (SSSR count). The van der Waals surface area contributed by atoms with Crippen LogP contribution in [0.1, 0.15) is 22.2 Å².